The fourth-order valence-electron chi connectivity index (χ4n) is 9.36. The molecule has 2 fully saturated rings. The van der Waals surface area contributed by atoms with Gasteiger partial charge in [0.2, 0.25) is 5.91 Å². The Balaban J connectivity index is 1.79. The summed E-state index contributed by atoms with van der Waals surface area (Å²) in [6, 6.07) is -0.921. The van der Waals surface area contributed by atoms with Crippen molar-refractivity contribution in [2.75, 3.05) is 19.8 Å². The lowest BCUT2D eigenvalue weighted by Gasteiger charge is -2.46. The van der Waals surface area contributed by atoms with Crippen molar-refractivity contribution in [3.63, 3.8) is 0 Å². The first-order valence-electron chi connectivity index (χ1n) is 28.9. The van der Waals surface area contributed by atoms with Crippen LogP contribution in [0.25, 0.3) is 0 Å². The summed E-state index contributed by atoms with van der Waals surface area (Å²) in [4.78, 5) is 13.2. The van der Waals surface area contributed by atoms with E-state index in [0.29, 0.717) is 6.42 Å². The van der Waals surface area contributed by atoms with Gasteiger partial charge < -0.3 is 65.1 Å². The molecule has 0 saturated carbocycles. The number of ether oxygens (including phenoxy) is 4. The lowest BCUT2D eigenvalue weighted by molar-refractivity contribution is -0.359. The largest absolute Gasteiger partial charge is 0.394 e. The summed E-state index contributed by atoms with van der Waals surface area (Å²) in [7, 11) is 0. The number of aliphatic hydroxyl groups is 8. The lowest BCUT2D eigenvalue weighted by atomic mass is 9.97. The zero-order valence-corrected chi connectivity index (χ0v) is 44.9. The van der Waals surface area contributed by atoms with Gasteiger partial charge in [-0.25, -0.2) is 0 Å². The number of hydrogen-bond donors (Lipinski definition) is 9. The smallest absolute Gasteiger partial charge is 0.220 e. The van der Waals surface area contributed by atoms with Crippen LogP contribution < -0.4 is 5.32 Å². The quantitative estimate of drug-likeness (QED) is 0.0205. The van der Waals surface area contributed by atoms with Gasteiger partial charge in [-0.1, -0.05) is 210 Å². The van der Waals surface area contributed by atoms with Crippen molar-refractivity contribution in [3.8, 4) is 0 Å². The minimum atomic E-state index is -1.79. The second-order valence-corrected chi connectivity index (χ2v) is 20.4. The maximum Gasteiger partial charge on any atom is 0.220 e. The Morgan fingerprint density at radius 3 is 1.47 bits per heavy atom. The second-order valence-electron chi connectivity index (χ2n) is 20.4. The number of carbonyl (C=O) groups excluding carboxylic acids is 1. The molecule has 0 aliphatic carbocycles. The first-order valence-corrected chi connectivity index (χ1v) is 28.9. The van der Waals surface area contributed by atoms with Crippen LogP contribution in [0, 0.1) is 0 Å². The number of allylic oxidation sites excluding steroid dienone is 7. The molecule has 1 amide bonds. The van der Waals surface area contributed by atoms with Gasteiger partial charge in [-0.15, -0.1) is 0 Å². The summed E-state index contributed by atoms with van der Waals surface area (Å²) >= 11 is 0. The number of hydrogen-bond acceptors (Lipinski definition) is 13. The molecule has 0 bridgehead atoms. The van der Waals surface area contributed by atoms with Crippen LogP contribution in [0.2, 0.25) is 0 Å². The van der Waals surface area contributed by atoms with E-state index in [-0.39, 0.29) is 18.9 Å². The minimum Gasteiger partial charge on any atom is -0.394 e. The van der Waals surface area contributed by atoms with Crippen molar-refractivity contribution >= 4 is 5.91 Å². The predicted octanol–water partition coefficient (Wildman–Crippen LogP) is 9.22. The maximum absolute atomic E-state index is 13.2. The zero-order valence-electron chi connectivity index (χ0n) is 44.9. The van der Waals surface area contributed by atoms with E-state index in [0.717, 1.165) is 70.6 Å². The molecule has 2 aliphatic heterocycles. The molecule has 72 heavy (non-hydrogen) atoms. The van der Waals surface area contributed by atoms with Crippen LogP contribution >= 0.6 is 0 Å². The van der Waals surface area contributed by atoms with Crippen molar-refractivity contribution in [1.82, 2.24) is 5.32 Å². The monoisotopic (exact) mass is 1020 g/mol. The second kappa shape index (κ2) is 44.1. The highest BCUT2D eigenvalue weighted by atomic mass is 16.7. The Labute approximate surface area is 435 Å². The highest BCUT2D eigenvalue weighted by Gasteiger charge is 2.51. The van der Waals surface area contributed by atoms with Gasteiger partial charge in [0.25, 0.3) is 0 Å². The standard InChI is InChI=1S/C58H105NO13/c1-3-5-7-9-11-13-15-17-19-21-22-23-24-26-27-29-31-33-35-37-39-41-47(62)46(59-50(63)42-40-38-36-34-32-30-28-25-20-18-16-14-12-10-8-6-4-2)45-69-57-55(68)53(66)56(49(44-61)71-57)72-58-54(67)52(65)51(64)48(43-60)70-58/h6,8,12,14,18,20,39,41,46-49,51-58,60-62,64-68H,3-5,7,9-11,13,15-17,19,21-38,40,42-45H2,1-2H3,(H,59,63)/b8-6-,14-12-,20-18-,41-39+. The van der Waals surface area contributed by atoms with Gasteiger partial charge in [0.1, 0.15) is 48.8 Å². The maximum atomic E-state index is 13.2. The van der Waals surface area contributed by atoms with E-state index in [2.05, 4.69) is 55.6 Å². The molecular weight excluding hydrogens is 919 g/mol. The van der Waals surface area contributed by atoms with Crippen LogP contribution in [0.5, 0.6) is 0 Å². The molecule has 2 aliphatic rings. The third-order valence-corrected chi connectivity index (χ3v) is 14.0. The Kier molecular flexibility index (Phi) is 40.5. The highest BCUT2D eigenvalue weighted by molar-refractivity contribution is 5.76. The van der Waals surface area contributed by atoms with E-state index in [4.69, 9.17) is 18.9 Å². The van der Waals surface area contributed by atoms with Gasteiger partial charge in [-0.3, -0.25) is 4.79 Å². The molecule has 12 atom stereocenters. The summed E-state index contributed by atoms with van der Waals surface area (Å²) in [5.41, 5.74) is 0. The fraction of sp³-hybridized carbons (Fsp3) is 0.845. The topological polar surface area (TPSA) is 228 Å². The summed E-state index contributed by atoms with van der Waals surface area (Å²) in [6.45, 7) is 2.69. The SMILES string of the molecule is CC/C=C\C/C=C\C/C=C\CCCCCCCCCC(=O)NC(COC1OC(CO)C(OC2OC(CO)C(O)C(O)C2O)C(O)C1O)C(O)/C=C/CCCCCCCCCCCCCCCCCCCCC. The number of carbonyl (C=O) groups is 1. The van der Waals surface area contributed by atoms with Crippen LogP contribution in [-0.4, -0.2) is 140 Å². The van der Waals surface area contributed by atoms with Crippen LogP contribution in [0.15, 0.2) is 48.6 Å². The van der Waals surface area contributed by atoms with Crippen molar-refractivity contribution in [2.45, 2.75) is 293 Å². The summed E-state index contributed by atoms with van der Waals surface area (Å²) < 4.78 is 22.8. The van der Waals surface area contributed by atoms with Crippen LogP contribution in [0.3, 0.4) is 0 Å². The van der Waals surface area contributed by atoms with Crippen LogP contribution in [0.1, 0.15) is 219 Å². The molecule has 14 nitrogen and oxygen atoms in total. The molecule has 2 heterocycles. The summed E-state index contributed by atoms with van der Waals surface area (Å²) in [5.74, 6) is -0.250. The summed E-state index contributed by atoms with van der Waals surface area (Å²) in [5, 5.41) is 87.0. The van der Waals surface area contributed by atoms with Gasteiger partial charge in [0.05, 0.1) is 32.0 Å². The number of rotatable bonds is 45. The Morgan fingerprint density at radius 1 is 0.514 bits per heavy atom. The van der Waals surface area contributed by atoms with Gasteiger partial charge in [0, 0.05) is 6.42 Å². The average Bonchev–Trinajstić information content (AvgIpc) is 3.38. The van der Waals surface area contributed by atoms with E-state index in [1.165, 1.54) is 122 Å². The number of unbranched alkanes of at least 4 members (excludes halogenated alkanes) is 26. The Bertz CT molecular complexity index is 1390. The van der Waals surface area contributed by atoms with Crippen LogP contribution in [0.4, 0.5) is 0 Å². The molecule has 14 heteroatoms. The van der Waals surface area contributed by atoms with Gasteiger partial charge in [0.15, 0.2) is 12.6 Å². The fourth-order valence-corrected chi connectivity index (χ4v) is 9.36. The van der Waals surface area contributed by atoms with E-state index in [9.17, 15) is 45.6 Å². The van der Waals surface area contributed by atoms with Crippen LogP contribution in [-0.2, 0) is 23.7 Å². The van der Waals surface area contributed by atoms with E-state index >= 15 is 0 Å². The van der Waals surface area contributed by atoms with E-state index in [1.807, 2.05) is 6.08 Å². The van der Waals surface area contributed by atoms with E-state index in [1.54, 1.807) is 6.08 Å². The van der Waals surface area contributed by atoms with Crippen molar-refractivity contribution in [1.29, 1.82) is 0 Å². The summed E-state index contributed by atoms with van der Waals surface area (Å²) in [6.07, 6.45) is 37.1. The molecule has 9 N–H and O–H groups in total. The molecule has 0 spiro atoms. The molecule has 2 rings (SSSR count). The van der Waals surface area contributed by atoms with Crippen molar-refractivity contribution < 1.29 is 64.6 Å². The van der Waals surface area contributed by atoms with Gasteiger partial charge in [-0.05, 0) is 51.4 Å². The van der Waals surface area contributed by atoms with Gasteiger partial charge in [-0.2, -0.15) is 0 Å². The number of aliphatic hydroxyl groups excluding tert-OH is 8. The first-order chi connectivity index (χ1) is 35.1. The minimum absolute atomic E-state index is 0.250. The Morgan fingerprint density at radius 2 is 0.958 bits per heavy atom. The Hall–Kier alpha value is -2.05. The number of nitrogens with one attached hydrogen (secondary N) is 1. The first kappa shape index (κ1) is 66.1. The van der Waals surface area contributed by atoms with Crippen molar-refractivity contribution in [2.24, 2.45) is 0 Å². The molecule has 0 radical (unpaired) electrons. The van der Waals surface area contributed by atoms with Crippen molar-refractivity contribution in [3.05, 3.63) is 48.6 Å². The predicted molar refractivity (Wildman–Crippen MR) is 286 cm³/mol. The molecule has 2 saturated heterocycles. The number of amides is 1. The lowest BCUT2D eigenvalue weighted by Crippen LogP contribution is -2.65. The van der Waals surface area contributed by atoms with E-state index < -0.39 is 86.8 Å². The molecular formula is C58H105NO13. The third-order valence-electron chi connectivity index (χ3n) is 14.0. The molecule has 0 aromatic heterocycles. The molecule has 12 unspecified atom stereocenters. The average molecular weight is 1020 g/mol. The molecule has 420 valence electrons. The molecule has 0 aromatic carbocycles. The highest BCUT2D eigenvalue weighted by Crippen LogP contribution is 2.30. The zero-order chi connectivity index (χ0) is 52.4. The third kappa shape index (κ3) is 29.9. The normalized spacial score (nSPS) is 25.9. The van der Waals surface area contributed by atoms with Gasteiger partial charge >= 0.3 is 0 Å². The molecule has 0 aromatic rings.